The SMILES string of the molecule is CCC[SiH](CC[Si](C)(C)O)OC. The van der Waals surface area contributed by atoms with Crippen molar-refractivity contribution < 1.29 is 9.22 Å². The van der Waals surface area contributed by atoms with E-state index in [2.05, 4.69) is 6.92 Å². The van der Waals surface area contributed by atoms with Crippen LogP contribution in [0.4, 0.5) is 0 Å². The average molecular weight is 206 g/mol. The molecule has 0 spiro atoms. The van der Waals surface area contributed by atoms with Gasteiger partial charge in [-0.15, -0.1) is 0 Å². The first-order valence-corrected chi connectivity index (χ1v) is 10.0. The Labute approximate surface area is 78.8 Å². The van der Waals surface area contributed by atoms with Crippen LogP contribution in [0.2, 0.25) is 31.2 Å². The molecule has 12 heavy (non-hydrogen) atoms. The third kappa shape index (κ3) is 7.03. The molecule has 0 saturated carbocycles. The highest BCUT2D eigenvalue weighted by Crippen LogP contribution is 2.14. The second-order valence-electron chi connectivity index (χ2n) is 4.00. The van der Waals surface area contributed by atoms with Crippen molar-refractivity contribution in [1.29, 1.82) is 0 Å². The van der Waals surface area contributed by atoms with Crippen LogP contribution in [0.15, 0.2) is 0 Å². The van der Waals surface area contributed by atoms with Crippen LogP contribution in [0.1, 0.15) is 13.3 Å². The van der Waals surface area contributed by atoms with Crippen LogP contribution in [-0.2, 0) is 4.43 Å². The second-order valence-corrected chi connectivity index (χ2v) is 11.0. The fraction of sp³-hybridized carbons (Fsp3) is 1.00. The van der Waals surface area contributed by atoms with Gasteiger partial charge in [-0.2, -0.15) is 0 Å². The Morgan fingerprint density at radius 2 is 1.92 bits per heavy atom. The Bertz CT molecular complexity index is 112. The third-order valence-corrected chi connectivity index (χ3v) is 6.93. The van der Waals surface area contributed by atoms with Gasteiger partial charge in [0.25, 0.3) is 0 Å². The zero-order valence-electron chi connectivity index (χ0n) is 8.76. The van der Waals surface area contributed by atoms with Crippen LogP contribution in [-0.4, -0.2) is 29.3 Å². The van der Waals surface area contributed by atoms with Crippen molar-refractivity contribution >= 4 is 17.4 Å². The molecular formula is C8H22O2Si2. The summed E-state index contributed by atoms with van der Waals surface area (Å²) in [5, 5.41) is 0. The maximum atomic E-state index is 9.64. The quantitative estimate of drug-likeness (QED) is 0.673. The highest BCUT2D eigenvalue weighted by Gasteiger charge is 2.19. The molecule has 1 atom stereocenters. The van der Waals surface area contributed by atoms with E-state index in [0.717, 1.165) is 12.1 Å². The molecule has 0 aliphatic rings. The Morgan fingerprint density at radius 1 is 1.33 bits per heavy atom. The van der Waals surface area contributed by atoms with Gasteiger partial charge in [0.1, 0.15) is 0 Å². The average Bonchev–Trinajstić information content (AvgIpc) is 1.96. The van der Waals surface area contributed by atoms with Crippen LogP contribution in [0.25, 0.3) is 0 Å². The predicted molar refractivity (Wildman–Crippen MR) is 58.6 cm³/mol. The van der Waals surface area contributed by atoms with Crippen LogP contribution in [0, 0.1) is 0 Å². The lowest BCUT2D eigenvalue weighted by molar-refractivity contribution is 0.416. The van der Waals surface area contributed by atoms with Crippen molar-refractivity contribution in [1.82, 2.24) is 0 Å². The van der Waals surface area contributed by atoms with E-state index in [-0.39, 0.29) is 0 Å². The Morgan fingerprint density at radius 3 is 2.25 bits per heavy atom. The molecular weight excluding hydrogens is 184 g/mol. The fourth-order valence-electron chi connectivity index (χ4n) is 1.22. The molecule has 0 aromatic rings. The molecule has 1 unspecified atom stereocenters. The van der Waals surface area contributed by atoms with Crippen molar-refractivity contribution in [2.45, 2.75) is 44.6 Å². The standard InChI is InChI=1S/C8H22O2Si2/c1-5-6-11(10-2)7-8-12(3,4)9/h9,11H,5-8H2,1-4H3. The Balaban J connectivity index is 3.58. The third-order valence-electron chi connectivity index (χ3n) is 2.02. The molecule has 0 aromatic carbocycles. The summed E-state index contributed by atoms with van der Waals surface area (Å²) in [5.74, 6) is 0. The first kappa shape index (κ1) is 12.4. The van der Waals surface area contributed by atoms with Gasteiger partial charge in [0.15, 0.2) is 17.4 Å². The van der Waals surface area contributed by atoms with E-state index in [9.17, 15) is 4.80 Å². The van der Waals surface area contributed by atoms with Gasteiger partial charge in [-0.3, -0.25) is 0 Å². The van der Waals surface area contributed by atoms with Gasteiger partial charge in [0, 0.05) is 7.11 Å². The Hall–Kier alpha value is 0.354. The lowest BCUT2D eigenvalue weighted by Crippen LogP contribution is -2.27. The molecule has 0 amide bonds. The summed E-state index contributed by atoms with van der Waals surface area (Å²) < 4.78 is 5.44. The molecule has 4 heteroatoms. The van der Waals surface area contributed by atoms with E-state index >= 15 is 0 Å². The summed E-state index contributed by atoms with van der Waals surface area (Å²) in [5.41, 5.74) is 0. The molecule has 0 aliphatic heterocycles. The zero-order chi connectivity index (χ0) is 9.61. The minimum atomic E-state index is -1.81. The zero-order valence-corrected chi connectivity index (χ0v) is 10.9. The van der Waals surface area contributed by atoms with Crippen LogP contribution < -0.4 is 0 Å². The molecule has 0 heterocycles. The number of rotatable bonds is 6. The monoisotopic (exact) mass is 206 g/mol. The maximum absolute atomic E-state index is 9.64. The highest BCUT2D eigenvalue weighted by molar-refractivity contribution is 6.71. The first-order chi connectivity index (χ1) is 5.49. The van der Waals surface area contributed by atoms with E-state index < -0.39 is 17.4 Å². The summed E-state index contributed by atoms with van der Waals surface area (Å²) in [7, 11) is -0.931. The molecule has 1 N–H and O–H groups in total. The molecule has 0 aliphatic carbocycles. The molecule has 0 saturated heterocycles. The highest BCUT2D eigenvalue weighted by atomic mass is 28.4. The van der Waals surface area contributed by atoms with Crippen molar-refractivity contribution in [2.24, 2.45) is 0 Å². The fourth-order valence-corrected chi connectivity index (χ4v) is 6.73. The molecule has 0 rings (SSSR count). The maximum Gasteiger partial charge on any atom is 0.182 e. The molecule has 2 nitrogen and oxygen atoms in total. The van der Waals surface area contributed by atoms with Crippen molar-refractivity contribution in [3.05, 3.63) is 0 Å². The van der Waals surface area contributed by atoms with Gasteiger partial charge >= 0.3 is 0 Å². The van der Waals surface area contributed by atoms with Crippen LogP contribution in [0.3, 0.4) is 0 Å². The first-order valence-electron chi connectivity index (χ1n) is 4.74. The summed E-state index contributed by atoms with van der Waals surface area (Å²) in [4.78, 5) is 9.64. The topological polar surface area (TPSA) is 29.5 Å². The van der Waals surface area contributed by atoms with Crippen molar-refractivity contribution in [3.8, 4) is 0 Å². The van der Waals surface area contributed by atoms with E-state index in [0.29, 0.717) is 0 Å². The summed E-state index contributed by atoms with van der Waals surface area (Å²) in [6.07, 6.45) is 1.22. The smallest absolute Gasteiger partial charge is 0.182 e. The molecule has 74 valence electrons. The minimum absolute atomic E-state index is 0.938. The number of hydrogen-bond donors (Lipinski definition) is 1. The Kier molecular flexibility index (Phi) is 6.08. The van der Waals surface area contributed by atoms with E-state index in [1.807, 2.05) is 20.2 Å². The molecule has 0 aromatic heterocycles. The predicted octanol–water partition coefficient (Wildman–Crippen LogP) is 1.96. The molecule has 0 radical (unpaired) electrons. The van der Waals surface area contributed by atoms with Gasteiger partial charge in [0.2, 0.25) is 0 Å². The van der Waals surface area contributed by atoms with Gasteiger partial charge in [-0.25, -0.2) is 0 Å². The van der Waals surface area contributed by atoms with E-state index in [1.54, 1.807) is 0 Å². The largest absolute Gasteiger partial charge is 0.432 e. The van der Waals surface area contributed by atoms with Gasteiger partial charge in [-0.05, 0) is 31.2 Å². The van der Waals surface area contributed by atoms with Crippen LogP contribution >= 0.6 is 0 Å². The number of hydrogen-bond acceptors (Lipinski definition) is 2. The van der Waals surface area contributed by atoms with Gasteiger partial charge in [-0.1, -0.05) is 13.3 Å². The van der Waals surface area contributed by atoms with Crippen molar-refractivity contribution in [2.75, 3.05) is 7.11 Å². The molecule has 0 fully saturated rings. The molecule has 0 bridgehead atoms. The van der Waals surface area contributed by atoms with E-state index in [1.165, 1.54) is 12.5 Å². The second kappa shape index (κ2) is 5.91. The van der Waals surface area contributed by atoms with Crippen LogP contribution in [0.5, 0.6) is 0 Å². The van der Waals surface area contributed by atoms with E-state index in [4.69, 9.17) is 4.43 Å². The lowest BCUT2D eigenvalue weighted by Gasteiger charge is -2.17. The summed E-state index contributed by atoms with van der Waals surface area (Å²) >= 11 is 0. The van der Waals surface area contributed by atoms with Gasteiger partial charge in [0.05, 0.1) is 0 Å². The summed E-state index contributed by atoms with van der Waals surface area (Å²) in [6, 6.07) is 3.42. The van der Waals surface area contributed by atoms with Crippen molar-refractivity contribution in [3.63, 3.8) is 0 Å². The lowest BCUT2D eigenvalue weighted by atomic mass is 10.6. The normalized spacial score (nSPS) is 14.8. The van der Waals surface area contributed by atoms with Gasteiger partial charge < -0.3 is 9.22 Å². The summed E-state index contributed by atoms with van der Waals surface area (Å²) in [6.45, 7) is 6.20. The minimum Gasteiger partial charge on any atom is -0.432 e.